The van der Waals surface area contributed by atoms with Gasteiger partial charge in [0, 0.05) is 22.8 Å². The Morgan fingerprint density at radius 3 is 2.79 bits per heavy atom. The van der Waals surface area contributed by atoms with Gasteiger partial charge in [0.15, 0.2) is 0 Å². The quantitative estimate of drug-likeness (QED) is 0.709. The molecule has 0 amide bonds. The minimum absolute atomic E-state index is 0.187. The monoisotopic (exact) mass is 213 g/mol. The van der Waals surface area contributed by atoms with Gasteiger partial charge in [-0.2, -0.15) is 0 Å². The molecule has 0 aliphatic carbocycles. The zero-order valence-electron chi connectivity index (χ0n) is 8.25. The van der Waals surface area contributed by atoms with E-state index in [4.69, 9.17) is 5.11 Å². The second-order valence-electron chi connectivity index (χ2n) is 3.04. The van der Waals surface area contributed by atoms with Gasteiger partial charge in [0.05, 0.1) is 6.42 Å². The summed E-state index contributed by atoms with van der Waals surface area (Å²) in [6.07, 6.45) is 1.26. The summed E-state index contributed by atoms with van der Waals surface area (Å²) in [7, 11) is 0. The molecule has 0 bridgehead atoms. The maximum atomic E-state index is 10.2. The highest BCUT2D eigenvalue weighted by Gasteiger charge is 1.99. The molecule has 0 unspecified atom stereocenters. The molecule has 0 aliphatic heterocycles. The van der Waals surface area contributed by atoms with Crippen LogP contribution in [0.1, 0.15) is 23.1 Å². The topological polar surface area (TPSA) is 49.3 Å². The standard InChI is InChI=1S/C10H15NO2S/c1-2-8-3-4-9(14-8)7-11-6-5-10(12)13/h3-4,11H,2,5-7H2,1H3,(H,12,13). The second kappa shape index (κ2) is 5.78. The molecule has 78 valence electrons. The van der Waals surface area contributed by atoms with Gasteiger partial charge in [-0.1, -0.05) is 6.92 Å². The molecular formula is C10H15NO2S. The molecule has 1 aromatic rings. The average molecular weight is 213 g/mol. The summed E-state index contributed by atoms with van der Waals surface area (Å²) < 4.78 is 0. The van der Waals surface area contributed by atoms with Crippen LogP contribution in [0.2, 0.25) is 0 Å². The largest absolute Gasteiger partial charge is 0.481 e. The Bertz CT molecular complexity index is 296. The van der Waals surface area contributed by atoms with Gasteiger partial charge in [0.1, 0.15) is 0 Å². The van der Waals surface area contributed by atoms with E-state index >= 15 is 0 Å². The van der Waals surface area contributed by atoms with E-state index in [-0.39, 0.29) is 6.42 Å². The molecule has 2 N–H and O–H groups in total. The van der Waals surface area contributed by atoms with Crippen molar-refractivity contribution in [2.24, 2.45) is 0 Å². The summed E-state index contributed by atoms with van der Waals surface area (Å²) in [6, 6.07) is 4.22. The summed E-state index contributed by atoms with van der Waals surface area (Å²) in [5.41, 5.74) is 0. The minimum Gasteiger partial charge on any atom is -0.481 e. The molecule has 1 heterocycles. The summed E-state index contributed by atoms with van der Waals surface area (Å²) in [4.78, 5) is 12.9. The number of hydrogen-bond donors (Lipinski definition) is 2. The first-order chi connectivity index (χ1) is 6.72. The van der Waals surface area contributed by atoms with E-state index in [0.29, 0.717) is 6.54 Å². The Hall–Kier alpha value is -0.870. The normalized spacial score (nSPS) is 10.4. The van der Waals surface area contributed by atoms with Crippen LogP contribution in [0.15, 0.2) is 12.1 Å². The van der Waals surface area contributed by atoms with Gasteiger partial charge >= 0.3 is 5.97 Å². The van der Waals surface area contributed by atoms with Crippen LogP contribution in [-0.4, -0.2) is 17.6 Å². The first-order valence-corrected chi connectivity index (χ1v) is 5.54. The van der Waals surface area contributed by atoms with Crippen molar-refractivity contribution in [3.63, 3.8) is 0 Å². The van der Waals surface area contributed by atoms with Gasteiger partial charge in [-0.05, 0) is 18.6 Å². The van der Waals surface area contributed by atoms with E-state index in [1.165, 1.54) is 9.75 Å². The summed E-state index contributed by atoms with van der Waals surface area (Å²) in [5.74, 6) is -0.752. The Labute approximate surface area is 87.8 Å². The number of rotatable bonds is 6. The third-order valence-electron chi connectivity index (χ3n) is 1.88. The van der Waals surface area contributed by atoms with E-state index in [2.05, 4.69) is 24.4 Å². The van der Waals surface area contributed by atoms with Crippen LogP contribution >= 0.6 is 11.3 Å². The van der Waals surface area contributed by atoms with Crippen molar-refractivity contribution in [3.05, 3.63) is 21.9 Å². The number of carboxylic acids is 1. The van der Waals surface area contributed by atoms with E-state index in [1.807, 2.05) is 0 Å². The number of carboxylic acid groups (broad SMARTS) is 1. The number of aryl methyl sites for hydroxylation is 1. The molecule has 14 heavy (non-hydrogen) atoms. The van der Waals surface area contributed by atoms with Gasteiger partial charge < -0.3 is 10.4 Å². The minimum atomic E-state index is -0.752. The Morgan fingerprint density at radius 2 is 2.21 bits per heavy atom. The van der Waals surface area contributed by atoms with Gasteiger partial charge in [0.2, 0.25) is 0 Å². The fraction of sp³-hybridized carbons (Fsp3) is 0.500. The predicted molar refractivity (Wildman–Crippen MR) is 57.7 cm³/mol. The molecule has 0 aliphatic rings. The van der Waals surface area contributed by atoms with Gasteiger partial charge in [-0.25, -0.2) is 0 Å². The lowest BCUT2D eigenvalue weighted by Gasteiger charge is -1.99. The van der Waals surface area contributed by atoms with Crippen molar-refractivity contribution in [2.45, 2.75) is 26.3 Å². The molecule has 0 radical (unpaired) electrons. The third-order valence-corrected chi connectivity index (χ3v) is 3.11. The predicted octanol–water partition coefficient (Wildman–Crippen LogP) is 1.87. The lowest BCUT2D eigenvalue weighted by Crippen LogP contribution is -2.16. The fourth-order valence-electron chi connectivity index (χ4n) is 1.11. The number of carbonyl (C=O) groups is 1. The maximum absolute atomic E-state index is 10.2. The van der Waals surface area contributed by atoms with Crippen LogP contribution in [0, 0.1) is 0 Å². The maximum Gasteiger partial charge on any atom is 0.304 e. The third kappa shape index (κ3) is 3.89. The number of aliphatic carboxylic acids is 1. The lowest BCUT2D eigenvalue weighted by molar-refractivity contribution is -0.136. The zero-order valence-corrected chi connectivity index (χ0v) is 9.06. The molecule has 0 atom stereocenters. The average Bonchev–Trinajstić information content (AvgIpc) is 2.60. The molecule has 4 heteroatoms. The van der Waals surface area contributed by atoms with Crippen LogP contribution in [0.4, 0.5) is 0 Å². The molecule has 0 saturated heterocycles. The van der Waals surface area contributed by atoms with Crippen molar-refractivity contribution in [1.82, 2.24) is 5.32 Å². The van der Waals surface area contributed by atoms with Crippen molar-refractivity contribution >= 4 is 17.3 Å². The summed E-state index contributed by atoms with van der Waals surface area (Å²) in [6.45, 7) is 3.44. The van der Waals surface area contributed by atoms with Crippen molar-refractivity contribution in [3.8, 4) is 0 Å². The molecule has 0 spiro atoms. The first-order valence-electron chi connectivity index (χ1n) is 4.72. The molecule has 0 aromatic carbocycles. The van der Waals surface area contributed by atoms with Crippen molar-refractivity contribution in [1.29, 1.82) is 0 Å². The summed E-state index contributed by atoms with van der Waals surface area (Å²) >= 11 is 1.78. The van der Waals surface area contributed by atoms with Crippen LogP contribution in [0.25, 0.3) is 0 Å². The fourth-order valence-corrected chi connectivity index (χ4v) is 2.04. The summed E-state index contributed by atoms with van der Waals surface area (Å²) in [5, 5.41) is 11.5. The van der Waals surface area contributed by atoms with Gasteiger partial charge in [0.25, 0.3) is 0 Å². The van der Waals surface area contributed by atoms with Crippen molar-refractivity contribution < 1.29 is 9.90 Å². The molecule has 3 nitrogen and oxygen atoms in total. The number of nitrogens with one attached hydrogen (secondary N) is 1. The SMILES string of the molecule is CCc1ccc(CNCCC(=O)O)s1. The second-order valence-corrected chi connectivity index (χ2v) is 4.29. The molecular weight excluding hydrogens is 198 g/mol. The first kappa shape index (κ1) is 11.2. The number of thiophene rings is 1. The number of hydrogen-bond acceptors (Lipinski definition) is 3. The smallest absolute Gasteiger partial charge is 0.304 e. The van der Waals surface area contributed by atoms with Gasteiger partial charge in [-0.3, -0.25) is 4.79 Å². The highest BCUT2D eigenvalue weighted by molar-refractivity contribution is 7.11. The molecule has 1 rings (SSSR count). The van der Waals surface area contributed by atoms with E-state index in [9.17, 15) is 4.79 Å². The van der Waals surface area contributed by atoms with Crippen LogP contribution < -0.4 is 5.32 Å². The molecule has 0 saturated carbocycles. The van der Waals surface area contributed by atoms with E-state index in [1.54, 1.807) is 11.3 Å². The van der Waals surface area contributed by atoms with E-state index < -0.39 is 5.97 Å². The molecule has 1 aromatic heterocycles. The Morgan fingerprint density at radius 1 is 1.50 bits per heavy atom. The van der Waals surface area contributed by atoms with Crippen LogP contribution in [0.3, 0.4) is 0 Å². The molecule has 0 fully saturated rings. The van der Waals surface area contributed by atoms with Crippen LogP contribution in [0.5, 0.6) is 0 Å². The van der Waals surface area contributed by atoms with E-state index in [0.717, 1.165) is 13.0 Å². The Kier molecular flexibility index (Phi) is 4.62. The zero-order chi connectivity index (χ0) is 10.4. The Balaban J connectivity index is 2.21. The van der Waals surface area contributed by atoms with Crippen LogP contribution in [-0.2, 0) is 17.8 Å². The van der Waals surface area contributed by atoms with Gasteiger partial charge in [-0.15, -0.1) is 11.3 Å². The van der Waals surface area contributed by atoms with Crippen molar-refractivity contribution in [2.75, 3.05) is 6.54 Å². The highest BCUT2D eigenvalue weighted by atomic mass is 32.1. The lowest BCUT2D eigenvalue weighted by atomic mass is 10.3. The highest BCUT2D eigenvalue weighted by Crippen LogP contribution is 2.16.